The molecule has 2 aromatic carbocycles. The van der Waals surface area contributed by atoms with Gasteiger partial charge in [0.15, 0.2) is 6.10 Å². The number of nitrogens with zero attached hydrogens (tertiary/aromatic N) is 1. The number of benzene rings is 2. The molecule has 182 valence electrons. The Balaban J connectivity index is 2.10. The lowest BCUT2D eigenvalue weighted by Gasteiger charge is -2.29. The van der Waals surface area contributed by atoms with E-state index in [1.54, 1.807) is 12.3 Å². The Morgan fingerprint density at radius 3 is 2.37 bits per heavy atom. The van der Waals surface area contributed by atoms with Crippen LogP contribution in [-0.2, 0) is 14.3 Å². The highest BCUT2D eigenvalue weighted by molar-refractivity contribution is 6.29. The van der Waals surface area contributed by atoms with Gasteiger partial charge in [0.25, 0.3) is 0 Å². The molecule has 1 unspecified atom stereocenters. The van der Waals surface area contributed by atoms with Crippen LogP contribution in [0.15, 0.2) is 48.7 Å². The number of carbonyl (C=O) groups excluding carboxylic acids is 1. The lowest BCUT2D eigenvalue weighted by atomic mass is 9.87. The minimum atomic E-state index is -0.961. The number of aryl methyl sites for hydroxylation is 1. The molecule has 0 saturated heterocycles. The van der Waals surface area contributed by atoms with Crippen molar-refractivity contribution in [1.82, 2.24) is 9.97 Å². The quantitative estimate of drug-likeness (QED) is 0.182. The summed E-state index contributed by atoms with van der Waals surface area (Å²) in [4.78, 5) is 20.6. The molecule has 0 spiro atoms. The smallest absolute Gasteiger partial charge is 0.339 e. The first-order valence-electron chi connectivity index (χ1n) is 11.4. The number of nitrogens with two attached hydrogens (primary N) is 1. The van der Waals surface area contributed by atoms with Gasteiger partial charge in [-0.05, 0) is 69.5 Å². The highest BCUT2D eigenvalue weighted by Gasteiger charge is 2.34. The van der Waals surface area contributed by atoms with Crippen molar-refractivity contribution >= 4 is 34.2 Å². The van der Waals surface area contributed by atoms with E-state index in [9.17, 15) is 4.79 Å². The van der Waals surface area contributed by atoms with Crippen LogP contribution in [0, 0.1) is 13.8 Å². The van der Waals surface area contributed by atoms with Gasteiger partial charge in [0.2, 0.25) is 0 Å². The van der Waals surface area contributed by atoms with E-state index in [4.69, 9.17) is 26.8 Å². The molecule has 0 aliphatic carbocycles. The molecule has 35 heavy (non-hydrogen) atoms. The summed E-state index contributed by atoms with van der Waals surface area (Å²) in [7, 11) is 1.37. The summed E-state index contributed by atoms with van der Waals surface area (Å²) in [6, 6.07) is 13.9. The molecule has 0 aliphatic heterocycles. The SMILES string of the molecule is COC(=O)C(OC(C)(C)C)c1c(C)c(N)c2[nH]c(-c3ccnc(Cl)c3)cc2c1-c1ccc(C)cc1. The van der Waals surface area contributed by atoms with Crippen LogP contribution in [0.4, 0.5) is 5.69 Å². The van der Waals surface area contributed by atoms with E-state index < -0.39 is 17.7 Å². The third kappa shape index (κ3) is 4.90. The number of nitrogen functional groups attached to an aromatic ring is 1. The molecule has 1 atom stereocenters. The Kier molecular flexibility index (Phi) is 6.62. The molecule has 3 N–H and O–H groups in total. The predicted molar refractivity (Wildman–Crippen MR) is 141 cm³/mol. The largest absolute Gasteiger partial charge is 0.467 e. The van der Waals surface area contributed by atoms with Crippen LogP contribution in [0.1, 0.15) is 43.6 Å². The maximum Gasteiger partial charge on any atom is 0.339 e. The fourth-order valence-corrected chi connectivity index (χ4v) is 4.47. The number of ether oxygens (including phenoxy) is 2. The number of fused-ring (bicyclic) bond motifs is 1. The number of esters is 1. The number of anilines is 1. The van der Waals surface area contributed by atoms with Gasteiger partial charge in [-0.15, -0.1) is 0 Å². The second kappa shape index (κ2) is 9.36. The van der Waals surface area contributed by atoms with Crippen LogP contribution in [-0.4, -0.2) is 28.6 Å². The fraction of sp³-hybridized carbons (Fsp3) is 0.286. The maximum atomic E-state index is 13.1. The Labute approximate surface area is 210 Å². The number of hydrogen-bond acceptors (Lipinski definition) is 5. The maximum absolute atomic E-state index is 13.1. The van der Waals surface area contributed by atoms with E-state index in [0.29, 0.717) is 16.4 Å². The van der Waals surface area contributed by atoms with E-state index in [0.717, 1.165) is 44.4 Å². The van der Waals surface area contributed by atoms with E-state index in [1.807, 2.05) is 71.0 Å². The molecule has 2 heterocycles. The van der Waals surface area contributed by atoms with E-state index >= 15 is 0 Å². The minimum absolute atomic E-state index is 0.397. The number of H-pyrrole nitrogens is 1. The number of halogens is 1. The van der Waals surface area contributed by atoms with Crippen molar-refractivity contribution in [1.29, 1.82) is 0 Å². The number of methoxy groups -OCH3 is 1. The Morgan fingerprint density at radius 2 is 1.77 bits per heavy atom. The second-order valence-electron chi connectivity index (χ2n) is 9.67. The molecule has 0 radical (unpaired) electrons. The number of hydrogen-bond donors (Lipinski definition) is 2. The number of carbonyl (C=O) groups is 1. The molecule has 0 saturated carbocycles. The lowest BCUT2D eigenvalue weighted by Crippen LogP contribution is -2.29. The minimum Gasteiger partial charge on any atom is -0.467 e. The van der Waals surface area contributed by atoms with Crippen molar-refractivity contribution in [2.75, 3.05) is 12.8 Å². The second-order valence-corrected chi connectivity index (χ2v) is 10.1. The number of aromatic amines is 1. The molecule has 4 rings (SSSR count). The van der Waals surface area contributed by atoms with E-state index in [-0.39, 0.29) is 0 Å². The molecule has 0 fully saturated rings. The van der Waals surface area contributed by atoms with Crippen molar-refractivity contribution in [3.8, 4) is 22.4 Å². The monoisotopic (exact) mass is 491 g/mol. The molecular formula is C28H30ClN3O3. The van der Waals surface area contributed by atoms with Crippen LogP contribution in [0.2, 0.25) is 5.15 Å². The predicted octanol–water partition coefficient (Wildman–Crippen LogP) is 6.78. The summed E-state index contributed by atoms with van der Waals surface area (Å²) in [5, 5.41) is 1.27. The molecule has 0 bridgehead atoms. The van der Waals surface area contributed by atoms with E-state index in [1.165, 1.54) is 7.11 Å². The number of rotatable bonds is 5. The zero-order chi connectivity index (χ0) is 25.5. The molecule has 7 heteroatoms. The van der Waals surface area contributed by atoms with Crippen molar-refractivity contribution in [3.63, 3.8) is 0 Å². The number of aromatic nitrogens is 2. The van der Waals surface area contributed by atoms with Crippen molar-refractivity contribution in [2.24, 2.45) is 0 Å². The average Bonchev–Trinajstić information content (AvgIpc) is 3.25. The van der Waals surface area contributed by atoms with Crippen LogP contribution in [0.25, 0.3) is 33.3 Å². The van der Waals surface area contributed by atoms with Crippen LogP contribution < -0.4 is 5.73 Å². The van der Waals surface area contributed by atoms with Gasteiger partial charge in [0.1, 0.15) is 5.15 Å². The molecule has 2 aromatic heterocycles. The Morgan fingerprint density at radius 1 is 1.09 bits per heavy atom. The Bertz CT molecular complexity index is 1400. The average molecular weight is 492 g/mol. The van der Waals surface area contributed by atoms with Crippen LogP contribution >= 0.6 is 11.6 Å². The zero-order valence-electron chi connectivity index (χ0n) is 20.8. The summed E-state index contributed by atoms with van der Waals surface area (Å²) in [5.74, 6) is -0.480. The first-order valence-corrected chi connectivity index (χ1v) is 11.8. The highest BCUT2D eigenvalue weighted by atomic mass is 35.5. The van der Waals surface area contributed by atoms with E-state index in [2.05, 4.69) is 9.97 Å². The lowest BCUT2D eigenvalue weighted by molar-refractivity contribution is -0.164. The molecule has 6 nitrogen and oxygen atoms in total. The normalized spacial score (nSPS) is 12.7. The van der Waals surface area contributed by atoms with Crippen molar-refractivity contribution in [3.05, 3.63) is 70.5 Å². The summed E-state index contributed by atoms with van der Waals surface area (Å²) >= 11 is 6.15. The number of pyridine rings is 1. The van der Waals surface area contributed by atoms with Crippen molar-refractivity contribution < 1.29 is 14.3 Å². The summed E-state index contributed by atoms with van der Waals surface area (Å²) in [6.45, 7) is 9.68. The number of nitrogens with one attached hydrogen (secondary N) is 1. The van der Waals surface area contributed by atoms with Crippen LogP contribution in [0.5, 0.6) is 0 Å². The summed E-state index contributed by atoms with van der Waals surface area (Å²) in [6.07, 6.45) is 0.700. The standard InChI is InChI=1S/C28H30ClN3O3/c1-15-7-9-17(10-8-15)23-19-14-20(18-11-12-31-21(29)13-18)32-25(19)24(30)16(2)22(23)26(27(33)34-6)35-28(3,4)5/h7-14,26,32H,30H2,1-6H3. The molecular weight excluding hydrogens is 462 g/mol. The first kappa shape index (κ1) is 24.8. The summed E-state index contributed by atoms with van der Waals surface area (Å²) < 4.78 is 11.5. The van der Waals surface area contributed by atoms with Gasteiger partial charge in [-0.1, -0.05) is 41.4 Å². The van der Waals surface area contributed by atoms with Gasteiger partial charge < -0.3 is 20.2 Å². The zero-order valence-corrected chi connectivity index (χ0v) is 21.6. The van der Waals surface area contributed by atoms with Gasteiger partial charge in [-0.25, -0.2) is 9.78 Å². The molecule has 0 amide bonds. The van der Waals surface area contributed by atoms with Gasteiger partial charge in [-0.2, -0.15) is 0 Å². The van der Waals surface area contributed by atoms with Crippen molar-refractivity contribution in [2.45, 2.75) is 46.3 Å². The molecule has 0 aliphatic rings. The van der Waals surface area contributed by atoms with Gasteiger partial charge >= 0.3 is 5.97 Å². The fourth-order valence-electron chi connectivity index (χ4n) is 4.30. The van der Waals surface area contributed by atoms with Gasteiger partial charge in [-0.3, -0.25) is 0 Å². The third-order valence-electron chi connectivity index (χ3n) is 5.96. The Hall–Kier alpha value is -3.35. The van der Waals surface area contributed by atoms with Gasteiger partial charge in [0.05, 0.1) is 23.9 Å². The summed E-state index contributed by atoms with van der Waals surface area (Å²) in [5.41, 5.74) is 13.5. The molecule has 4 aromatic rings. The highest BCUT2D eigenvalue weighted by Crippen LogP contribution is 2.45. The first-order chi connectivity index (χ1) is 16.5. The van der Waals surface area contributed by atoms with Crippen LogP contribution in [0.3, 0.4) is 0 Å². The topological polar surface area (TPSA) is 90.2 Å². The third-order valence-corrected chi connectivity index (χ3v) is 6.17. The van der Waals surface area contributed by atoms with Gasteiger partial charge in [0, 0.05) is 28.4 Å².